The van der Waals surface area contributed by atoms with Gasteiger partial charge in [0.1, 0.15) is 11.5 Å². The van der Waals surface area contributed by atoms with Crippen LogP contribution in [0.3, 0.4) is 0 Å². The lowest BCUT2D eigenvalue weighted by molar-refractivity contribution is -0.130. The number of hydrogen-bond acceptors (Lipinski definition) is 4. The Labute approximate surface area is 140 Å². The van der Waals surface area contributed by atoms with E-state index in [1.54, 1.807) is 21.9 Å². The lowest BCUT2D eigenvalue weighted by Gasteiger charge is -2.34. The molecule has 0 saturated carbocycles. The van der Waals surface area contributed by atoms with E-state index in [0.717, 1.165) is 0 Å². The molecule has 1 aliphatic rings. The molecule has 3 amide bonds. The summed E-state index contributed by atoms with van der Waals surface area (Å²) in [5.74, 6) is 0.951. The van der Waals surface area contributed by atoms with E-state index in [4.69, 9.17) is 21.1 Å². The fourth-order valence-corrected chi connectivity index (χ4v) is 2.62. The first-order valence-corrected chi connectivity index (χ1v) is 7.57. The molecule has 0 spiro atoms. The number of ether oxygens (including phenoxy) is 2. The number of urea groups is 1. The summed E-state index contributed by atoms with van der Waals surface area (Å²) in [6, 6.07) is 2.95. The molecule has 1 aromatic carbocycles. The molecule has 126 valence electrons. The number of amides is 3. The first-order chi connectivity index (χ1) is 11.0. The van der Waals surface area contributed by atoms with Crippen molar-refractivity contribution < 1.29 is 19.1 Å². The maximum Gasteiger partial charge on any atom is 0.322 e. The molecule has 1 N–H and O–H groups in total. The number of nitrogens with one attached hydrogen (secondary N) is 1. The second-order valence-electron chi connectivity index (χ2n) is 5.11. The molecule has 7 nitrogen and oxygen atoms in total. The van der Waals surface area contributed by atoms with Gasteiger partial charge in [0.2, 0.25) is 5.91 Å². The molecule has 2 rings (SSSR count). The Morgan fingerprint density at radius 3 is 2.13 bits per heavy atom. The molecular formula is C15H20ClN3O4. The number of rotatable bonds is 3. The summed E-state index contributed by atoms with van der Waals surface area (Å²) in [7, 11) is 3.01. The number of anilines is 1. The van der Waals surface area contributed by atoms with Crippen molar-refractivity contribution in [2.45, 2.75) is 6.92 Å². The van der Waals surface area contributed by atoms with Crippen molar-refractivity contribution in [2.24, 2.45) is 0 Å². The van der Waals surface area contributed by atoms with Crippen LogP contribution in [-0.2, 0) is 4.79 Å². The van der Waals surface area contributed by atoms with Gasteiger partial charge in [-0.05, 0) is 6.07 Å². The fourth-order valence-electron chi connectivity index (χ4n) is 2.38. The summed E-state index contributed by atoms with van der Waals surface area (Å²) in [6.07, 6.45) is 0. The molecular weight excluding hydrogens is 322 g/mol. The van der Waals surface area contributed by atoms with Crippen LogP contribution >= 0.6 is 11.6 Å². The molecule has 0 aromatic heterocycles. The van der Waals surface area contributed by atoms with E-state index in [2.05, 4.69) is 5.32 Å². The van der Waals surface area contributed by atoms with Gasteiger partial charge in [0, 0.05) is 39.2 Å². The SMILES string of the molecule is COc1cc(OC)c(NC(=O)N2CCN(C(C)=O)CC2)cc1Cl. The maximum absolute atomic E-state index is 12.4. The van der Waals surface area contributed by atoms with Gasteiger partial charge in [-0.3, -0.25) is 4.79 Å². The number of benzene rings is 1. The largest absolute Gasteiger partial charge is 0.495 e. The number of halogens is 1. The predicted molar refractivity (Wildman–Crippen MR) is 87.4 cm³/mol. The summed E-state index contributed by atoms with van der Waals surface area (Å²) >= 11 is 6.09. The van der Waals surface area contributed by atoms with Crippen molar-refractivity contribution in [3.8, 4) is 11.5 Å². The normalized spacial score (nSPS) is 14.4. The minimum absolute atomic E-state index is 0.0219. The van der Waals surface area contributed by atoms with Crippen LogP contribution in [0, 0.1) is 0 Å². The van der Waals surface area contributed by atoms with E-state index >= 15 is 0 Å². The molecule has 1 aliphatic heterocycles. The van der Waals surface area contributed by atoms with Gasteiger partial charge in [0.15, 0.2) is 0 Å². The zero-order valence-electron chi connectivity index (χ0n) is 13.4. The highest BCUT2D eigenvalue weighted by Gasteiger charge is 2.23. The summed E-state index contributed by atoms with van der Waals surface area (Å²) < 4.78 is 10.4. The smallest absolute Gasteiger partial charge is 0.322 e. The van der Waals surface area contributed by atoms with Crippen LogP contribution in [0.15, 0.2) is 12.1 Å². The summed E-state index contributed by atoms with van der Waals surface area (Å²) in [5, 5.41) is 3.17. The molecule has 23 heavy (non-hydrogen) atoms. The van der Waals surface area contributed by atoms with Crippen LogP contribution in [0.25, 0.3) is 0 Å². The van der Waals surface area contributed by atoms with Gasteiger partial charge in [-0.15, -0.1) is 0 Å². The third-order valence-corrected chi connectivity index (χ3v) is 4.02. The summed E-state index contributed by atoms with van der Waals surface area (Å²) in [4.78, 5) is 27.0. The third-order valence-electron chi connectivity index (χ3n) is 3.73. The highest BCUT2D eigenvalue weighted by atomic mass is 35.5. The van der Waals surface area contributed by atoms with Crippen LogP contribution in [0.5, 0.6) is 11.5 Å². The Kier molecular flexibility index (Phi) is 5.54. The van der Waals surface area contributed by atoms with E-state index in [-0.39, 0.29) is 11.9 Å². The summed E-state index contributed by atoms with van der Waals surface area (Å²) in [6.45, 7) is 3.56. The maximum atomic E-state index is 12.4. The van der Waals surface area contributed by atoms with Crippen molar-refractivity contribution in [3.05, 3.63) is 17.2 Å². The van der Waals surface area contributed by atoms with E-state index in [0.29, 0.717) is 48.4 Å². The summed E-state index contributed by atoms with van der Waals surface area (Å²) in [5.41, 5.74) is 0.470. The lowest BCUT2D eigenvalue weighted by atomic mass is 10.2. The Morgan fingerprint density at radius 2 is 1.61 bits per heavy atom. The first kappa shape index (κ1) is 17.2. The first-order valence-electron chi connectivity index (χ1n) is 7.19. The van der Waals surface area contributed by atoms with E-state index in [1.165, 1.54) is 21.1 Å². The number of carbonyl (C=O) groups excluding carboxylic acids is 2. The van der Waals surface area contributed by atoms with E-state index < -0.39 is 0 Å². The molecule has 1 saturated heterocycles. The zero-order valence-corrected chi connectivity index (χ0v) is 14.1. The molecule has 0 radical (unpaired) electrons. The monoisotopic (exact) mass is 341 g/mol. The van der Waals surface area contributed by atoms with Gasteiger partial charge >= 0.3 is 6.03 Å². The van der Waals surface area contributed by atoms with Crippen molar-refractivity contribution in [1.29, 1.82) is 0 Å². The standard InChI is InChI=1S/C15H20ClN3O4/c1-10(20)18-4-6-19(7-5-18)15(21)17-12-8-11(16)13(22-2)9-14(12)23-3/h8-9H,4-7H2,1-3H3,(H,17,21). The Bertz CT molecular complexity index is 601. The van der Waals surface area contributed by atoms with Crippen LogP contribution in [0.1, 0.15) is 6.92 Å². The molecule has 1 aromatic rings. The van der Waals surface area contributed by atoms with Gasteiger partial charge in [-0.25, -0.2) is 4.79 Å². The molecule has 8 heteroatoms. The molecule has 0 unspecified atom stereocenters. The van der Waals surface area contributed by atoms with Crippen LogP contribution in [-0.4, -0.2) is 62.1 Å². The van der Waals surface area contributed by atoms with Crippen molar-refractivity contribution in [3.63, 3.8) is 0 Å². The van der Waals surface area contributed by atoms with Crippen molar-refractivity contribution >= 4 is 29.2 Å². The van der Waals surface area contributed by atoms with Gasteiger partial charge in [0.25, 0.3) is 0 Å². The highest BCUT2D eigenvalue weighted by Crippen LogP contribution is 2.36. The van der Waals surface area contributed by atoms with E-state index in [9.17, 15) is 9.59 Å². The molecule has 0 bridgehead atoms. The number of methoxy groups -OCH3 is 2. The number of carbonyl (C=O) groups is 2. The number of nitrogens with zero attached hydrogens (tertiary/aromatic N) is 2. The molecule has 0 atom stereocenters. The van der Waals surface area contributed by atoms with Crippen LogP contribution < -0.4 is 14.8 Å². The fraction of sp³-hybridized carbons (Fsp3) is 0.467. The van der Waals surface area contributed by atoms with Crippen LogP contribution in [0.4, 0.5) is 10.5 Å². The molecule has 1 heterocycles. The third kappa shape index (κ3) is 3.98. The van der Waals surface area contributed by atoms with Crippen LogP contribution in [0.2, 0.25) is 5.02 Å². The predicted octanol–water partition coefficient (Wildman–Crippen LogP) is 2.05. The Hall–Kier alpha value is -2.15. The van der Waals surface area contributed by atoms with Crippen molar-refractivity contribution in [1.82, 2.24) is 9.80 Å². The van der Waals surface area contributed by atoms with E-state index in [1.807, 2.05) is 0 Å². The average molecular weight is 342 g/mol. The second kappa shape index (κ2) is 7.41. The minimum Gasteiger partial charge on any atom is -0.495 e. The average Bonchev–Trinajstić information content (AvgIpc) is 2.55. The van der Waals surface area contributed by atoms with Crippen molar-refractivity contribution in [2.75, 3.05) is 45.7 Å². The number of hydrogen-bond donors (Lipinski definition) is 1. The Balaban J connectivity index is 2.06. The Morgan fingerprint density at radius 1 is 1.04 bits per heavy atom. The quantitative estimate of drug-likeness (QED) is 0.913. The lowest BCUT2D eigenvalue weighted by Crippen LogP contribution is -2.51. The highest BCUT2D eigenvalue weighted by molar-refractivity contribution is 6.32. The topological polar surface area (TPSA) is 71.1 Å². The van der Waals surface area contributed by atoms with Gasteiger partial charge in [0.05, 0.1) is 24.9 Å². The van der Waals surface area contributed by atoms with Gasteiger partial charge in [-0.2, -0.15) is 0 Å². The molecule has 1 fully saturated rings. The minimum atomic E-state index is -0.257. The zero-order chi connectivity index (χ0) is 17.0. The van der Waals surface area contributed by atoms with Gasteiger partial charge in [-0.1, -0.05) is 11.6 Å². The molecule has 0 aliphatic carbocycles. The second-order valence-corrected chi connectivity index (χ2v) is 5.52. The number of piperazine rings is 1. The van der Waals surface area contributed by atoms with Gasteiger partial charge < -0.3 is 24.6 Å².